The summed E-state index contributed by atoms with van der Waals surface area (Å²) < 4.78 is 0. The molecule has 0 saturated heterocycles. The van der Waals surface area contributed by atoms with Crippen LogP contribution in [0.1, 0.15) is 15.9 Å². The minimum Gasteiger partial charge on any atom is -0.507 e. The fraction of sp³-hybridized carbons (Fsp3) is 0.100. The lowest BCUT2D eigenvalue weighted by Crippen LogP contribution is -1.96. The molecule has 14 heavy (non-hydrogen) atoms. The molecule has 0 atom stereocenters. The van der Waals surface area contributed by atoms with Crippen molar-refractivity contribution in [2.75, 3.05) is 5.75 Å². The van der Waals surface area contributed by atoms with Crippen LogP contribution in [0.15, 0.2) is 18.2 Å². The van der Waals surface area contributed by atoms with Crippen molar-refractivity contribution < 1.29 is 15.0 Å². The molecule has 0 amide bonds. The average molecular weight is 208 g/mol. The summed E-state index contributed by atoms with van der Waals surface area (Å²) in [5, 5.41) is 17.9. The fourth-order valence-corrected chi connectivity index (χ4v) is 1.01. The second-order valence-corrected chi connectivity index (χ2v) is 2.81. The zero-order valence-corrected chi connectivity index (χ0v) is 8.08. The van der Waals surface area contributed by atoms with E-state index in [4.69, 9.17) is 5.11 Å². The highest BCUT2D eigenvalue weighted by Crippen LogP contribution is 2.17. The van der Waals surface area contributed by atoms with Gasteiger partial charge in [-0.05, 0) is 18.2 Å². The predicted molar refractivity (Wildman–Crippen MR) is 55.8 cm³/mol. The molecule has 0 saturated carbocycles. The molecule has 0 aromatic heterocycles. The smallest absolute Gasteiger partial charge is 0.339 e. The maximum atomic E-state index is 10.5. The molecule has 0 heterocycles. The van der Waals surface area contributed by atoms with E-state index in [-0.39, 0.29) is 11.3 Å². The lowest BCUT2D eigenvalue weighted by molar-refractivity contribution is 0.0694. The van der Waals surface area contributed by atoms with Gasteiger partial charge in [0, 0.05) is 5.56 Å². The van der Waals surface area contributed by atoms with E-state index in [1.54, 1.807) is 6.07 Å². The summed E-state index contributed by atoms with van der Waals surface area (Å²) in [5.74, 6) is 4.41. The first-order valence-corrected chi connectivity index (χ1v) is 4.44. The van der Waals surface area contributed by atoms with Gasteiger partial charge in [-0.2, -0.15) is 12.6 Å². The highest BCUT2D eigenvalue weighted by Gasteiger charge is 2.08. The maximum absolute atomic E-state index is 10.5. The highest BCUT2D eigenvalue weighted by atomic mass is 32.1. The second kappa shape index (κ2) is 4.58. The van der Waals surface area contributed by atoms with Crippen LogP contribution in [0.5, 0.6) is 5.75 Å². The number of hydrogen-bond donors (Lipinski definition) is 3. The molecule has 1 rings (SSSR count). The van der Waals surface area contributed by atoms with Crippen LogP contribution in [0.4, 0.5) is 0 Å². The number of phenols is 1. The maximum Gasteiger partial charge on any atom is 0.339 e. The van der Waals surface area contributed by atoms with E-state index in [1.165, 1.54) is 12.1 Å². The SMILES string of the molecule is O=C(O)c1ccc(C#CCS)cc1O. The minimum atomic E-state index is -1.16. The normalized spacial score (nSPS) is 8.93. The molecule has 4 heteroatoms. The number of aromatic hydroxyl groups is 1. The van der Waals surface area contributed by atoms with Crippen molar-refractivity contribution in [2.24, 2.45) is 0 Å². The Hall–Kier alpha value is -1.60. The van der Waals surface area contributed by atoms with E-state index in [2.05, 4.69) is 24.5 Å². The molecule has 0 aliphatic rings. The Kier molecular flexibility index (Phi) is 3.43. The van der Waals surface area contributed by atoms with Crippen molar-refractivity contribution in [3.8, 4) is 17.6 Å². The summed E-state index contributed by atoms with van der Waals surface area (Å²) in [6, 6.07) is 4.18. The number of rotatable bonds is 1. The van der Waals surface area contributed by atoms with Crippen LogP contribution in [-0.4, -0.2) is 21.9 Å². The summed E-state index contributed by atoms with van der Waals surface area (Å²) in [6.07, 6.45) is 0. The first-order chi connectivity index (χ1) is 6.65. The van der Waals surface area contributed by atoms with Crippen molar-refractivity contribution in [3.63, 3.8) is 0 Å². The number of aromatic carboxylic acids is 1. The Labute approximate surface area is 86.8 Å². The van der Waals surface area contributed by atoms with Gasteiger partial charge in [0.15, 0.2) is 0 Å². The molecule has 2 N–H and O–H groups in total. The van der Waals surface area contributed by atoms with Gasteiger partial charge in [0.25, 0.3) is 0 Å². The van der Waals surface area contributed by atoms with Gasteiger partial charge in [-0.1, -0.05) is 11.8 Å². The van der Waals surface area contributed by atoms with E-state index < -0.39 is 5.97 Å². The molecular weight excluding hydrogens is 200 g/mol. The molecule has 0 radical (unpaired) electrons. The van der Waals surface area contributed by atoms with E-state index in [0.29, 0.717) is 11.3 Å². The van der Waals surface area contributed by atoms with Crippen LogP contribution < -0.4 is 0 Å². The van der Waals surface area contributed by atoms with Gasteiger partial charge < -0.3 is 10.2 Å². The second-order valence-electron chi connectivity index (χ2n) is 2.50. The number of carboxylic acids is 1. The highest BCUT2D eigenvalue weighted by molar-refractivity contribution is 7.80. The van der Waals surface area contributed by atoms with Gasteiger partial charge in [0.05, 0.1) is 5.75 Å². The largest absolute Gasteiger partial charge is 0.507 e. The third-order valence-electron chi connectivity index (χ3n) is 1.54. The molecule has 72 valence electrons. The average Bonchev–Trinajstić information content (AvgIpc) is 2.14. The Bertz CT molecular complexity index is 415. The van der Waals surface area contributed by atoms with Crippen molar-refractivity contribution >= 4 is 18.6 Å². The van der Waals surface area contributed by atoms with E-state index in [9.17, 15) is 9.90 Å². The van der Waals surface area contributed by atoms with Crippen molar-refractivity contribution in [2.45, 2.75) is 0 Å². The molecule has 0 unspecified atom stereocenters. The van der Waals surface area contributed by atoms with Crippen molar-refractivity contribution in [1.82, 2.24) is 0 Å². The molecule has 1 aromatic carbocycles. The number of carboxylic acid groups (broad SMARTS) is 1. The number of benzene rings is 1. The summed E-state index contributed by atoms with van der Waals surface area (Å²) >= 11 is 3.90. The predicted octanol–water partition coefficient (Wildman–Crippen LogP) is 1.37. The van der Waals surface area contributed by atoms with Gasteiger partial charge in [0.2, 0.25) is 0 Å². The van der Waals surface area contributed by atoms with Gasteiger partial charge in [-0.25, -0.2) is 4.79 Å². The number of thiol groups is 1. The first-order valence-electron chi connectivity index (χ1n) is 3.81. The Morgan fingerprint density at radius 2 is 2.21 bits per heavy atom. The summed E-state index contributed by atoms with van der Waals surface area (Å²) in [5.41, 5.74) is 0.447. The van der Waals surface area contributed by atoms with Crippen molar-refractivity contribution in [1.29, 1.82) is 0 Å². The summed E-state index contributed by atoms with van der Waals surface area (Å²) in [6.45, 7) is 0. The number of hydrogen-bond acceptors (Lipinski definition) is 3. The molecule has 0 bridgehead atoms. The van der Waals surface area contributed by atoms with Gasteiger partial charge >= 0.3 is 5.97 Å². The topological polar surface area (TPSA) is 57.5 Å². The summed E-state index contributed by atoms with van der Waals surface area (Å²) in [4.78, 5) is 10.5. The zero-order chi connectivity index (χ0) is 10.6. The zero-order valence-electron chi connectivity index (χ0n) is 7.19. The van der Waals surface area contributed by atoms with Crippen LogP contribution in [0, 0.1) is 11.8 Å². The van der Waals surface area contributed by atoms with Crippen molar-refractivity contribution in [3.05, 3.63) is 29.3 Å². The molecule has 0 aliphatic carbocycles. The molecule has 3 nitrogen and oxygen atoms in total. The standard InChI is InChI=1S/C10H8O3S/c11-9-6-7(2-1-5-14)3-4-8(9)10(12)13/h3-4,6,11,14H,5H2,(H,12,13). The third kappa shape index (κ3) is 2.44. The number of carbonyl (C=O) groups is 1. The molecular formula is C10H8O3S. The Balaban J connectivity index is 3.06. The van der Waals surface area contributed by atoms with Gasteiger partial charge in [-0.3, -0.25) is 0 Å². The van der Waals surface area contributed by atoms with Gasteiger partial charge in [-0.15, -0.1) is 0 Å². The quantitative estimate of drug-likeness (QED) is 0.482. The van der Waals surface area contributed by atoms with Crippen LogP contribution in [0.2, 0.25) is 0 Å². The Morgan fingerprint density at radius 1 is 1.50 bits per heavy atom. The fourth-order valence-electron chi connectivity index (χ4n) is 0.932. The first kappa shape index (κ1) is 10.5. The Morgan fingerprint density at radius 3 is 2.71 bits per heavy atom. The van der Waals surface area contributed by atoms with Gasteiger partial charge in [0.1, 0.15) is 11.3 Å². The lowest BCUT2D eigenvalue weighted by atomic mass is 10.1. The summed E-state index contributed by atoms with van der Waals surface area (Å²) in [7, 11) is 0. The molecule has 1 aromatic rings. The van der Waals surface area contributed by atoms with Crippen LogP contribution in [-0.2, 0) is 0 Å². The van der Waals surface area contributed by atoms with E-state index in [0.717, 1.165) is 0 Å². The van der Waals surface area contributed by atoms with Crippen LogP contribution in [0.25, 0.3) is 0 Å². The lowest BCUT2D eigenvalue weighted by Gasteiger charge is -1.98. The molecule has 0 spiro atoms. The minimum absolute atomic E-state index is 0.124. The van der Waals surface area contributed by atoms with E-state index in [1.807, 2.05) is 0 Å². The van der Waals surface area contributed by atoms with Crippen LogP contribution >= 0.6 is 12.6 Å². The molecule has 0 fully saturated rings. The molecule has 0 aliphatic heterocycles. The van der Waals surface area contributed by atoms with E-state index >= 15 is 0 Å². The third-order valence-corrected chi connectivity index (χ3v) is 1.70. The monoisotopic (exact) mass is 208 g/mol. The van der Waals surface area contributed by atoms with Crippen LogP contribution in [0.3, 0.4) is 0 Å².